The smallest absolute Gasteiger partial charge is 0.220 e. The molecule has 1 heterocycles. The quantitative estimate of drug-likeness (QED) is 0.0261. The van der Waals surface area contributed by atoms with E-state index in [2.05, 4.69) is 165 Å². The van der Waals surface area contributed by atoms with E-state index in [0.29, 0.717) is 6.42 Å². The highest BCUT2D eigenvalue weighted by Gasteiger charge is 2.44. The molecule has 0 aliphatic carbocycles. The van der Waals surface area contributed by atoms with Gasteiger partial charge >= 0.3 is 0 Å². The summed E-state index contributed by atoms with van der Waals surface area (Å²) in [6.45, 7) is 3.65. The van der Waals surface area contributed by atoms with Crippen molar-refractivity contribution in [3.05, 3.63) is 158 Å². The zero-order chi connectivity index (χ0) is 65.7. The molecule has 1 rings (SSSR count). The summed E-state index contributed by atoms with van der Waals surface area (Å²) >= 11 is 0. The Morgan fingerprint density at radius 2 is 0.692 bits per heavy atom. The summed E-state index contributed by atoms with van der Waals surface area (Å²) in [7, 11) is 0. The Balaban J connectivity index is 2.20. The first-order chi connectivity index (χ1) is 44.8. The average molecular weight is 1260 g/mol. The van der Waals surface area contributed by atoms with Crippen LogP contribution in [-0.2, 0) is 14.3 Å². The Hall–Kier alpha value is -4.19. The second-order valence-corrected chi connectivity index (χ2v) is 25.0. The van der Waals surface area contributed by atoms with Crippen molar-refractivity contribution >= 4 is 5.91 Å². The Morgan fingerprint density at radius 1 is 0.385 bits per heavy atom. The Kier molecular flexibility index (Phi) is 64.0. The van der Waals surface area contributed by atoms with Gasteiger partial charge in [0.2, 0.25) is 5.91 Å². The molecule has 9 nitrogen and oxygen atoms in total. The van der Waals surface area contributed by atoms with E-state index in [4.69, 9.17) is 9.47 Å². The minimum atomic E-state index is -1.59. The molecular weight excluding hydrogens is 1130 g/mol. The molecule has 1 fully saturated rings. The molecule has 7 atom stereocenters. The van der Waals surface area contributed by atoms with Gasteiger partial charge in [0.05, 0.1) is 25.4 Å². The average Bonchev–Trinajstić information content (AvgIpc) is 1.70. The van der Waals surface area contributed by atoms with Crippen LogP contribution < -0.4 is 5.32 Å². The second kappa shape index (κ2) is 68.7. The molecule has 0 aromatic heterocycles. The normalized spacial score (nSPS) is 18.7. The molecule has 0 aromatic carbocycles. The van der Waals surface area contributed by atoms with E-state index in [9.17, 15) is 30.3 Å². The van der Waals surface area contributed by atoms with Crippen LogP contribution in [0.15, 0.2) is 158 Å². The third-order valence-corrected chi connectivity index (χ3v) is 16.6. The molecule has 1 amide bonds. The lowest BCUT2D eigenvalue weighted by atomic mass is 9.99. The van der Waals surface area contributed by atoms with Gasteiger partial charge in [-0.05, 0) is 116 Å². The number of aliphatic hydroxyl groups excluding tert-OH is 5. The minimum Gasteiger partial charge on any atom is -0.394 e. The summed E-state index contributed by atoms with van der Waals surface area (Å²) in [6, 6.07) is -0.854. The molecule has 0 spiro atoms. The van der Waals surface area contributed by atoms with Gasteiger partial charge in [0, 0.05) is 6.42 Å². The lowest BCUT2D eigenvalue weighted by Crippen LogP contribution is -2.60. The van der Waals surface area contributed by atoms with Crippen LogP contribution in [0.2, 0.25) is 0 Å². The second-order valence-electron chi connectivity index (χ2n) is 25.0. The molecule has 0 radical (unpaired) electrons. The van der Waals surface area contributed by atoms with Gasteiger partial charge in [-0.15, -0.1) is 0 Å². The predicted octanol–water partition coefficient (Wildman–Crippen LogP) is 21.1. The number of rotatable bonds is 63. The van der Waals surface area contributed by atoms with E-state index in [1.165, 1.54) is 161 Å². The van der Waals surface area contributed by atoms with Gasteiger partial charge in [-0.25, -0.2) is 0 Å². The number of aliphatic hydroxyl groups is 5. The predicted molar refractivity (Wildman–Crippen MR) is 391 cm³/mol. The summed E-state index contributed by atoms with van der Waals surface area (Å²) < 4.78 is 11.3. The fourth-order valence-electron chi connectivity index (χ4n) is 10.8. The number of hydrogen-bond acceptors (Lipinski definition) is 8. The van der Waals surface area contributed by atoms with Crippen LogP contribution in [0.5, 0.6) is 0 Å². The fourth-order valence-corrected chi connectivity index (χ4v) is 10.8. The molecule has 1 aliphatic heterocycles. The van der Waals surface area contributed by atoms with Crippen LogP contribution in [-0.4, -0.2) is 87.5 Å². The fraction of sp³-hybridized carbons (Fsp3) is 0.671. The summed E-state index contributed by atoms with van der Waals surface area (Å²) in [6.07, 6.45) is 101. The number of amides is 1. The molecule has 1 aliphatic rings. The molecule has 6 N–H and O–H groups in total. The number of carbonyl (C=O) groups is 1. The van der Waals surface area contributed by atoms with E-state index >= 15 is 0 Å². The number of carbonyl (C=O) groups excluding carboxylic acids is 1. The summed E-state index contributed by atoms with van der Waals surface area (Å²) in [5, 5.41) is 54.8. The van der Waals surface area contributed by atoms with Gasteiger partial charge in [0.15, 0.2) is 6.29 Å². The molecule has 518 valence electrons. The first kappa shape index (κ1) is 84.8. The number of unbranched alkanes of at least 4 members (excludes halogenated alkanes) is 29. The molecule has 7 unspecified atom stereocenters. The van der Waals surface area contributed by atoms with Crippen LogP contribution in [0.1, 0.15) is 296 Å². The zero-order valence-electron chi connectivity index (χ0n) is 58.0. The maximum Gasteiger partial charge on any atom is 0.220 e. The third-order valence-electron chi connectivity index (χ3n) is 16.6. The van der Waals surface area contributed by atoms with Gasteiger partial charge in [0.1, 0.15) is 24.4 Å². The van der Waals surface area contributed by atoms with Crippen molar-refractivity contribution in [2.45, 2.75) is 339 Å². The van der Waals surface area contributed by atoms with Crippen molar-refractivity contribution in [1.82, 2.24) is 5.32 Å². The Morgan fingerprint density at radius 3 is 1.05 bits per heavy atom. The highest BCUT2D eigenvalue weighted by molar-refractivity contribution is 5.76. The molecule has 0 saturated carbocycles. The number of nitrogens with one attached hydrogen (secondary N) is 1. The van der Waals surface area contributed by atoms with Crippen LogP contribution in [0.4, 0.5) is 0 Å². The standard InChI is InChI=1S/C82H137NO8/c1-3-5-7-9-11-13-15-17-19-21-23-25-27-29-31-33-35-36-37-38-39-40-42-44-46-48-50-52-54-56-58-60-62-64-66-68-70-72-78(86)83-75(74-90-82-81(89)80(88)79(87)77(73-84)91-82)76(85)71-69-67-65-63-61-59-57-55-53-51-49-47-45-43-41-34-32-30-28-26-24-22-20-18-16-14-12-10-8-6-4-2/h5,7,11,13,17,19,23,25,29,31,35-36,38-39,42,44,48,50,54,56,60-63,69,71,75-77,79-82,84-85,87-89H,3-4,6,8-10,12,14-16,18,20-22,24,26-28,30,32-34,37,40-41,43,45-47,49,51-53,55,57-59,64-68,70,72-74H2,1-2H3,(H,83,86)/b7-5-,13-11-,19-17-,25-23-,31-29-,36-35-,39-38-,44-42-,50-48-,56-54-,62-60-,63-61+,71-69+. The largest absolute Gasteiger partial charge is 0.394 e. The van der Waals surface area contributed by atoms with E-state index in [1.807, 2.05) is 6.08 Å². The first-order valence-electron chi connectivity index (χ1n) is 37.2. The summed E-state index contributed by atoms with van der Waals surface area (Å²) in [5.41, 5.74) is 0. The number of ether oxygens (including phenoxy) is 2. The third kappa shape index (κ3) is 57.0. The lowest BCUT2D eigenvalue weighted by molar-refractivity contribution is -0.302. The zero-order valence-corrected chi connectivity index (χ0v) is 58.0. The maximum atomic E-state index is 13.1. The van der Waals surface area contributed by atoms with Crippen LogP contribution in [0, 0.1) is 0 Å². The molecule has 0 bridgehead atoms. The van der Waals surface area contributed by atoms with Crippen LogP contribution in [0.25, 0.3) is 0 Å². The van der Waals surface area contributed by atoms with Crippen molar-refractivity contribution in [3.63, 3.8) is 0 Å². The highest BCUT2D eigenvalue weighted by Crippen LogP contribution is 2.23. The maximum absolute atomic E-state index is 13.1. The first-order valence-corrected chi connectivity index (χ1v) is 37.2. The van der Waals surface area contributed by atoms with Gasteiger partial charge in [-0.2, -0.15) is 0 Å². The van der Waals surface area contributed by atoms with Crippen molar-refractivity contribution in [1.29, 1.82) is 0 Å². The van der Waals surface area contributed by atoms with Gasteiger partial charge in [-0.3, -0.25) is 4.79 Å². The van der Waals surface area contributed by atoms with Crippen molar-refractivity contribution < 1.29 is 39.8 Å². The van der Waals surface area contributed by atoms with Crippen molar-refractivity contribution in [3.8, 4) is 0 Å². The van der Waals surface area contributed by atoms with E-state index < -0.39 is 49.5 Å². The van der Waals surface area contributed by atoms with Gasteiger partial charge < -0.3 is 40.3 Å². The molecule has 0 aromatic rings. The monoisotopic (exact) mass is 1260 g/mol. The SMILES string of the molecule is CC/C=C\C/C=C\C/C=C\C/C=C\C/C=C\C/C=C\C/C=C\C/C=C\C/C=C\C/C=C\C/C=C\CCCCCC(=O)NC(COC1OC(CO)C(O)C(O)C1O)C(O)/C=C/CC/C=C/CCCCCCCCCCCCCCCCCCCCCCCCCCC. The molecule has 1 saturated heterocycles. The van der Waals surface area contributed by atoms with Crippen LogP contribution in [0.3, 0.4) is 0 Å². The van der Waals surface area contributed by atoms with Crippen molar-refractivity contribution in [2.75, 3.05) is 13.2 Å². The van der Waals surface area contributed by atoms with Crippen molar-refractivity contribution in [2.24, 2.45) is 0 Å². The van der Waals surface area contributed by atoms with E-state index in [0.717, 1.165) is 109 Å². The van der Waals surface area contributed by atoms with E-state index in [1.54, 1.807) is 6.08 Å². The summed E-state index contributed by atoms with van der Waals surface area (Å²) in [5.74, 6) is -0.222. The highest BCUT2D eigenvalue weighted by atomic mass is 16.7. The number of hydrogen-bond donors (Lipinski definition) is 6. The number of allylic oxidation sites excluding steroid dienone is 25. The Labute approximate surface area is 558 Å². The summed E-state index contributed by atoms with van der Waals surface area (Å²) in [4.78, 5) is 13.1. The molecular formula is C82H137NO8. The molecule has 91 heavy (non-hydrogen) atoms. The van der Waals surface area contributed by atoms with Crippen LogP contribution >= 0.6 is 0 Å². The topological polar surface area (TPSA) is 149 Å². The van der Waals surface area contributed by atoms with E-state index in [-0.39, 0.29) is 18.9 Å². The minimum absolute atomic E-state index is 0.222. The Bertz CT molecular complexity index is 2000. The molecule has 9 heteroatoms. The van der Waals surface area contributed by atoms with Gasteiger partial charge in [-0.1, -0.05) is 332 Å². The van der Waals surface area contributed by atoms with Gasteiger partial charge in [0.25, 0.3) is 0 Å². The lowest BCUT2D eigenvalue weighted by Gasteiger charge is -2.40.